The first-order chi connectivity index (χ1) is 11.5. The van der Waals surface area contributed by atoms with E-state index in [1.165, 1.54) is 23.1 Å². The maximum absolute atomic E-state index is 12.4. The fourth-order valence-corrected chi connectivity index (χ4v) is 4.60. The van der Waals surface area contributed by atoms with Crippen molar-refractivity contribution >= 4 is 45.1 Å². The number of rotatable bonds is 6. The standard InChI is InChI=1S/C17H23NO4S2/c1-3-22-17(21)15-12-7-5-4-6-8-13(12)24-16(15)18-14(20)9-10-23-11(2)19/h3-10H2,1-2H3,(H,18,20). The molecule has 7 heteroatoms. The Kier molecular flexibility index (Phi) is 7.30. The number of hydrogen-bond donors (Lipinski definition) is 1. The van der Waals surface area contributed by atoms with Gasteiger partial charge in [-0.25, -0.2) is 4.79 Å². The van der Waals surface area contributed by atoms with Crippen LogP contribution >= 0.6 is 23.1 Å². The summed E-state index contributed by atoms with van der Waals surface area (Å²) in [7, 11) is 0. The number of thioether (sulfide) groups is 1. The van der Waals surface area contributed by atoms with Crippen LogP contribution in [0.3, 0.4) is 0 Å². The van der Waals surface area contributed by atoms with E-state index >= 15 is 0 Å². The van der Waals surface area contributed by atoms with E-state index in [0.717, 1.165) is 49.4 Å². The van der Waals surface area contributed by atoms with Crippen LogP contribution in [0.2, 0.25) is 0 Å². The predicted octanol–water partition coefficient (Wildman–Crippen LogP) is 3.80. The molecule has 1 aliphatic carbocycles. The number of aryl methyl sites for hydroxylation is 1. The van der Waals surface area contributed by atoms with Gasteiger partial charge in [-0.15, -0.1) is 11.3 Å². The summed E-state index contributed by atoms with van der Waals surface area (Å²) in [6.45, 7) is 3.57. The maximum Gasteiger partial charge on any atom is 0.341 e. The van der Waals surface area contributed by atoms with E-state index in [0.29, 0.717) is 22.9 Å². The van der Waals surface area contributed by atoms with Crippen molar-refractivity contribution in [1.29, 1.82) is 0 Å². The third kappa shape index (κ3) is 5.08. The molecule has 0 fully saturated rings. The van der Waals surface area contributed by atoms with Crippen LogP contribution in [0, 0.1) is 0 Å². The van der Waals surface area contributed by atoms with Gasteiger partial charge >= 0.3 is 5.97 Å². The Labute approximate surface area is 150 Å². The average Bonchev–Trinajstić information content (AvgIpc) is 2.68. The fourth-order valence-electron chi connectivity index (χ4n) is 2.73. The van der Waals surface area contributed by atoms with Crippen LogP contribution in [0.5, 0.6) is 0 Å². The summed E-state index contributed by atoms with van der Waals surface area (Å²) in [6, 6.07) is 0. The molecule has 1 aromatic heterocycles. The number of carbonyl (C=O) groups excluding carboxylic acids is 3. The van der Waals surface area contributed by atoms with Crippen molar-refractivity contribution in [2.45, 2.75) is 52.4 Å². The van der Waals surface area contributed by atoms with E-state index < -0.39 is 0 Å². The first kappa shape index (κ1) is 19.0. The summed E-state index contributed by atoms with van der Waals surface area (Å²) < 4.78 is 5.20. The molecule has 0 atom stereocenters. The molecule has 132 valence electrons. The van der Waals surface area contributed by atoms with Gasteiger partial charge in [-0.3, -0.25) is 9.59 Å². The minimum absolute atomic E-state index is 0.00199. The molecule has 1 heterocycles. The number of amides is 1. The quantitative estimate of drug-likeness (QED) is 0.610. The summed E-state index contributed by atoms with van der Waals surface area (Å²) in [6.07, 6.45) is 5.37. The normalized spacial score (nSPS) is 13.8. The average molecular weight is 370 g/mol. The zero-order chi connectivity index (χ0) is 17.5. The van der Waals surface area contributed by atoms with Crippen LogP contribution in [0.4, 0.5) is 5.00 Å². The Morgan fingerprint density at radius 2 is 1.96 bits per heavy atom. The third-order valence-corrected chi connectivity index (χ3v) is 5.81. The summed E-state index contributed by atoms with van der Waals surface area (Å²) in [4.78, 5) is 36.6. The van der Waals surface area contributed by atoms with E-state index in [-0.39, 0.29) is 23.4 Å². The smallest absolute Gasteiger partial charge is 0.341 e. The van der Waals surface area contributed by atoms with Crippen molar-refractivity contribution in [3.8, 4) is 0 Å². The molecule has 5 nitrogen and oxygen atoms in total. The highest BCUT2D eigenvalue weighted by Crippen LogP contribution is 2.38. The van der Waals surface area contributed by atoms with Gasteiger partial charge in [-0.05, 0) is 38.2 Å². The number of carbonyl (C=O) groups is 3. The summed E-state index contributed by atoms with van der Waals surface area (Å²) in [5.74, 6) is -0.0860. The number of nitrogens with one attached hydrogen (secondary N) is 1. The molecule has 0 radical (unpaired) electrons. The minimum atomic E-state index is -0.356. The van der Waals surface area contributed by atoms with E-state index in [9.17, 15) is 14.4 Å². The highest BCUT2D eigenvalue weighted by molar-refractivity contribution is 8.13. The van der Waals surface area contributed by atoms with Crippen LogP contribution in [0.25, 0.3) is 0 Å². The lowest BCUT2D eigenvalue weighted by atomic mass is 10.1. The first-order valence-electron chi connectivity index (χ1n) is 8.27. The second-order valence-electron chi connectivity index (χ2n) is 5.63. The zero-order valence-corrected chi connectivity index (χ0v) is 15.7. The highest BCUT2D eigenvalue weighted by Gasteiger charge is 2.26. The fraction of sp³-hybridized carbons (Fsp3) is 0.588. The van der Waals surface area contributed by atoms with Crippen molar-refractivity contribution in [3.63, 3.8) is 0 Å². The van der Waals surface area contributed by atoms with Crippen molar-refractivity contribution < 1.29 is 19.1 Å². The summed E-state index contributed by atoms with van der Waals surface area (Å²) in [5, 5.41) is 3.45. The Balaban J connectivity index is 2.17. The number of fused-ring (bicyclic) bond motifs is 1. The Morgan fingerprint density at radius 3 is 2.67 bits per heavy atom. The number of esters is 1. The lowest BCUT2D eigenvalue weighted by Crippen LogP contribution is -2.15. The van der Waals surface area contributed by atoms with Gasteiger partial charge in [0.15, 0.2) is 5.12 Å². The summed E-state index contributed by atoms with van der Waals surface area (Å²) in [5.41, 5.74) is 1.58. The van der Waals surface area contributed by atoms with E-state index in [2.05, 4.69) is 5.32 Å². The summed E-state index contributed by atoms with van der Waals surface area (Å²) >= 11 is 2.62. The van der Waals surface area contributed by atoms with E-state index in [1.807, 2.05) is 0 Å². The van der Waals surface area contributed by atoms with Crippen molar-refractivity contribution in [1.82, 2.24) is 0 Å². The lowest BCUT2D eigenvalue weighted by molar-refractivity contribution is -0.115. The SMILES string of the molecule is CCOC(=O)c1c(NC(=O)CCSC(C)=O)sc2c1CCCCC2. The molecule has 0 saturated carbocycles. The molecule has 0 unspecified atom stereocenters. The molecular weight excluding hydrogens is 346 g/mol. The second-order valence-corrected chi connectivity index (χ2v) is 8.00. The van der Waals surface area contributed by atoms with Crippen LogP contribution in [-0.2, 0) is 27.2 Å². The van der Waals surface area contributed by atoms with Crippen LogP contribution in [0.1, 0.15) is 60.3 Å². The molecule has 2 rings (SSSR count). The van der Waals surface area contributed by atoms with Crippen molar-refractivity contribution in [2.24, 2.45) is 0 Å². The molecular formula is C17H23NO4S2. The van der Waals surface area contributed by atoms with Crippen molar-refractivity contribution in [2.75, 3.05) is 17.7 Å². The van der Waals surface area contributed by atoms with Gasteiger partial charge in [0.2, 0.25) is 5.91 Å². The third-order valence-electron chi connectivity index (χ3n) is 3.79. The molecule has 0 aliphatic heterocycles. The monoisotopic (exact) mass is 369 g/mol. The van der Waals surface area contributed by atoms with Gasteiger partial charge < -0.3 is 10.1 Å². The molecule has 0 aromatic carbocycles. The Bertz CT molecular complexity index is 624. The van der Waals surface area contributed by atoms with E-state index in [1.54, 1.807) is 6.92 Å². The van der Waals surface area contributed by atoms with Crippen LogP contribution < -0.4 is 5.32 Å². The number of ether oxygens (including phenoxy) is 1. The van der Waals surface area contributed by atoms with E-state index in [4.69, 9.17) is 4.74 Å². The number of thiophene rings is 1. The lowest BCUT2D eigenvalue weighted by Gasteiger charge is -2.08. The first-order valence-corrected chi connectivity index (χ1v) is 10.1. The molecule has 1 aromatic rings. The molecule has 0 saturated heterocycles. The number of hydrogen-bond acceptors (Lipinski definition) is 6. The predicted molar refractivity (Wildman–Crippen MR) is 97.9 cm³/mol. The maximum atomic E-state index is 12.4. The largest absolute Gasteiger partial charge is 0.462 e. The van der Waals surface area contributed by atoms with Gasteiger partial charge in [-0.2, -0.15) is 0 Å². The Morgan fingerprint density at radius 1 is 1.21 bits per heavy atom. The molecule has 0 bridgehead atoms. The highest BCUT2D eigenvalue weighted by atomic mass is 32.2. The second kappa shape index (κ2) is 9.22. The van der Waals surface area contributed by atoms with Gasteiger partial charge in [-0.1, -0.05) is 18.2 Å². The van der Waals surface area contributed by atoms with Gasteiger partial charge in [0.25, 0.3) is 0 Å². The molecule has 24 heavy (non-hydrogen) atoms. The van der Waals surface area contributed by atoms with Crippen LogP contribution in [-0.4, -0.2) is 29.4 Å². The van der Waals surface area contributed by atoms with Crippen LogP contribution in [0.15, 0.2) is 0 Å². The molecule has 0 spiro atoms. The topological polar surface area (TPSA) is 72.5 Å². The van der Waals surface area contributed by atoms with Gasteiger partial charge in [0, 0.05) is 24.0 Å². The molecule has 1 amide bonds. The molecule has 1 N–H and O–H groups in total. The Hall–Kier alpha value is -1.34. The van der Waals surface area contributed by atoms with Crippen molar-refractivity contribution in [3.05, 3.63) is 16.0 Å². The van der Waals surface area contributed by atoms with Gasteiger partial charge in [0.05, 0.1) is 12.2 Å². The minimum Gasteiger partial charge on any atom is -0.462 e. The molecule has 1 aliphatic rings. The number of anilines is 1. The van der Waals surface area contributed by atoms with Gasteiger partial charge in [0.1, 0.15) is 5.00 Å². The zero-order valence-electron chi connectivity index (χ0n) is 14.1.